The van der Waals surface area contributed by atoms with E-state index < -0.39 is 0 Å². The Morgan fingerprint density at radius 2 is 2.35 bits per heavy atom. The van der Waals surface area contributed by atoms with E-state index in [4.69, 9.17) is 5.73 Å². The molecule has 0 atom stereocenters. The van der Waals surface area contributed by atoms with Crippen LogP contribution in [-0.2, 0) is 6.54 Å². The SMILES string of the molecule is Cc1nnsc1C(=O)N(C)Cc1cc(C#CCN)cs1. The van der Waals surface area contributed by atoms with Crippen molar-refractivity contribution < 1.29 is 4.79 Å². The van der Waals surface area contributed by atoms with Crippen molar-refractivity contribution in [2.45, 2.75) is 13.5 Å². The second-order valence-corrected chi connectivity index (χ2v) is 5.91. The van der Waals surface area contributed by atoms with Crippen molar-refractivity contribution in [3.8, 4) is 11.8 Å². The third-order valence-corrected chi connectivity index (χ3v) is 4.31. The molecule has 0 aliphatic rings. The van der Waals surface area contributed by atoms with E-state index in [1.807, 2.05) is 11.4 Å². The summed E-state index contributed by atoms with van der Waals surface area (Å²) in [5.74, 6) is 5.74. The lowest BCUT2D eigenvalue weighted by atomic mass is 10.3. The summed E-state index contributed by atoms with van der Waals surface area (Å²) in [6.45, 7) is 2.68. The molecule has 0 aliphatic heterocycles. The van der Waals surface area contributed by atoms with Crippen LogP contribution in [0, 0.1) is 18.8 Å². The quantitative estimate of drug-likeness (QED) is 0.872. The molecule has 104 valence electrons. The predicted octanol–water partition coefficient (Wildman–Crippen LogP) is 1.49. The smallest absolute Gasteiger partial charge is 0.267 e. The maximum atomic E-state index is 12.2. The molecule has 0 aromatic carbocycles. The molecule has 2 N–H and O–H groups in total. The number of carbonyl (C=O) groups excluding carboxylic acids is 1. The van der Waals surface area contributed by atoms with Gasteiger partial charge in [0, 0.05) is 22.9 Å². The summed E-state index contributed by atoms with van der Waals surface area (Å²) in [6.07, 6.45) is 0. The average molecular weight is 306 g/mol. The number of carbonyl (C=O) groups is 1. The zero-order chi connectivity index (χ0) is 14.5. The van der Waals surface area contributed by atoms with Crippen molar-refractivity contribution in [3.05, 3.63) is 32.5 Å². The van der Waals surface area contributed by atoms with E-state index in [2.05, 4.69) is 21.4 Å². The second kappa shape index (κ2) is 6.61. The van der Waals surface area contributed by atoms with Crippen molar-refractivity contribution in [1.29, 1.82) is 0 Å². The maximum Gasteiger partial charge on any atom is 0.267 e. The van der Waals surface area contributed by atoms with Gasteiger partial charge in [-0.05, 0) is 24.5 Å². The molecule has 5 nitrogen and oxygen atoms in total. The second-order valence-electron chi connectivity index (χ2n) is 4.16. The molecular weight excluding hydrogens is 292 g/mol. The first-order chi connectivity index (χ1) is 9.61. The maximum absolute atomic E-state index is 12.2. The third kappa shape index (κ3) is 3.42. The number of hydrogen-bond donors (Lipinski definition) is 1. The van der Waals surface area contributed by atoms with E-state index in [0.29, 0.717) is 23.7 Å². The minimum Gasteiger partial charge on any atom is -0.336 e. The first kappa shape index (κ1) is 14.7. The molecule has 2 aromatic rings. The van der Waals surface area contributed by atoms with Gasteiger partial charge in [-0.2, -0.15) is 0 Å². The normalized spacial score (nSPS) is 9.95. The highest BCUT2D eigenvalue weighted by molar-refractivity contribution is 7.10. The molecule has 2 heterocycles. The highest BCUT2D eigenvalue weighted by Crippen LogP contribution is 2.18. The lowest BCUT2D eigenvalue weighted by molar-refractivity contribution is 0.0790. The largest absolute Gasteiger partial charge is 0.336 e. The van der Waals surface area contributed by atoms with Crippen molar-refractivity contribution in [1.82, 2.24) is 14.5 Å². The van der Waals surface area contributed by atoms with Crippen molar-refractivity contribution in [3.63, 3.8) is 0 Å². The molecule has 1 amide bonds. The molecule has 20 heavy (non-hydrogen) atoms. The standard InChI is InChI=1S/C13H14N4OS2/c1-9-12(20-16-15-9)13(18)17(2)7-11-6-10(8-19-11)4-3-5-14/h6,8H,5,7,14H2,1-2H3. The van der Waals surface area contributed by atoms with E-state index in [-0.39, 0.29) is 5.91 Å². The molecule has 0 aliphatic carbocycles. The Balaban J connectivity index is 2.04. The summed E-state index contributed by atoms with van der Waals surface area (Å²) >= 11 is 2.71. The summed E-state index contributed by atoms with van der Waals surface area (Å²) in [7, 11) is 1.77. The van der Waals surface area contributed by atoms with Crippen molar-refractivity contribution in [2.24, 2.45) is 5.73 Å². The minimum atomic E-state index is -0.0551. The lowest BCUT2D eigenvalue weighted by Gasteiger charge is -2.14. The van der Waals surface area contributed by atoms with Gasteiger partial charge >= 0.3 is 0 Å². The van der Waals surface area contributed by atoms with E-state index in [1.54, 1.807) is 30.2 Å². The topological polar surface area (TPSA) is 72.1 Å². The van der Waals surface area contributed by atoms with E-state index in [1.165, 1.54) is 0 Å². The number of nitrogens with two attached hydrogens (primary N) is 1. The molecule has 0 bridgehead atoms. The molecule has 0 unspecified atom stereocenters. The Bertz CT molecular complexity index is 665. The van der Waals surface area contributed by atoms with Crippen LogP contribution in [0.15, 0.2) is 11.4 Å². The Morgan fingerprint density at radius 3 is 3.00 bits per heavy atom. The summed E-state index contributed by atoms with van der Waals surface area (Å²) < 4.78 is 3.79. The van der Waals surface area contributed by atoms with Gasteiger partial charge in [-0.1, -0.05) is 16.3 Å². The minimum absolute atomic E-state index is 0.0551. The van der Waals surface area contributed by atoms with Crippen LogP contribution in [0.4, 0.5) is 0 Å². The van der Waals surface area contributed by atoms with Crippen LogP contribution in [0.5, 0.6) is 0 Å². The van der Waals surface area contributed by atoms with Crippen LogP contribution in [0.1, 0.15) is 25.8 Å². The average Bonchev–Trinajstić information content (AvgIpc) is 3.04. The van der Waals surface area contributed by atoms with Crippen LogP contribution in [0.3, 0.4) is 0 Å². The fourth-order valence-corrected chi connectivity index (χ4v) is 3.11. The number of nitrogens with zero attached hydrogens (tertiary/aromatic N) is 3. The Kier molecular flexibility index (Phi) is 4.84. The van der Waals surface area contributed by atoms with Gasteiger partial charge in [0.15, 0.2) is 0 Å². The molecule has 0 saturated carbocycles. The van der Waals surface area contributed by atoms with Gasteiger partial charge in [0.05, 0.1) is 18.8 Å². The zero-order valence-corrected chi connectivity index (χ0v) is 12.8. The molecule has 0 saturated heterocycles. The molecule has 0 fully saturated rings. The molecule has 2 aromatic heterocycles. The van der Waals surface area contributed by atoms with E-state index in [9.17, 15) is 4.79 Å². The van der Waals surface area contributed by atoms with E-state index >= 15 is 0 Å². The number of thiophene rings is 1. The van der Waals surface area contributed by atoms with Crippen molar-refractivity contribution >= 4 is 28.8 Å². The Labute approximate surface area is 125 Å². The number of aromatic nitrogens is 2. The van der Waals surface area contributed by atoms with Gasteiger partial charge in [-0.3, -0.25) is 4.79 Å². The number of hydrogen-bond acceptors (Lipinski definition) is 6. The van der Waals surface area contributed by atoms with Gasteiger partial charge in [-0.25, -0.2) is 0 Å². The van der Waals surface area contributed by atoms with Crippen LogP contribution in [-0.4, -0.2) is 34.0 Å². The number of rotatable bonds is 3. The van der Waals surface area contributed by atoms with Crippen LogP contribution in [0.2, 0.25) is 0 Å². The van der Waals surface area contributed by atoms with Gasteiger partial charge in [-0.15, -0.1) is 16.4 Å². The summed E-state index contributed by atoms with van der Waals surface area (Å²) in [4.78, 5) is 15.6. The van der Waals surface area contributed by atoms with Crippen LogP contribution < -0.4 is 5.73 Å². The van der Waals surface area contributed by atoms with Crippen LogP contribution in [0.25, 0.3) is 0 Å². The zero-order valence-electron chi connectivity index (χ0n) is 11.2. The molecule has 0 radical (unpaired) electrons. The van der Waals surface area contributed by atoms with E-state index in [0.717, 1.165) is 22.0 Å². The van der Waals surface area contributed by atoms with Crippen molar-refractivity contribution in [2.75, 3.05) is 13.6 Å². The molecule has 7 heteroatoms. The predicted molar refractivity (Wildman–Crippen MR) is 80.7 cm³/mol. The molecular formula is C13H14N4OS2. The first-order valence-corrected chi connectivity index (χ1v) is 7.58. The van der Waals surface area contributed by atoms with Gasteiger partial charge in [0.2, 0.25) is 0 Å². The summed E-state index contributed by atoms with van der Waals surface area (Å²) in [5, 5.41) is 5.83. The first-order valence-electron chi connectivity index (χ1n) is 5.92. The monoisotopic (exact) mass is 306 g/mol. The molecule has 2 rings (SSSR count). The Morgan fingerprint density at radius 1 is 1.55 bits per heavy atom. The highest BCUT2D eigenvalue weighted by atomic mass is 32.1. The highest BCUT2D eigenvalue weighted by Gasteiger charge is 2.18. The number of amides is 1. The summed E-state index contributed by atoms with van der Waals surface area (Å²) in [6, 6.07) is 1.98. The van der Waals surface area contributed by atoms with Gasteiger partial charge in [0.25, 0.3) is 5.91 Å². The van der Waals surface area contributed by atoms with Crippen LogP contribution >= 0.6 is 22.9 Å². The fraction of sp³-hybridized carbons (Fsp3) is 0.308. The Hall–Kier alpha value is -1.75. The lowest BCUT2D eigenvalue weighted by Crippen LogP contribution is -2.25. The van der Waals surface area contributed by atoms with Gasteiger partial charge in [0.1, 0.15) is 4.88 Å². The fourth-order valence-electron chi connectivity index (χ4n) is 1.59. The summed E-state index contributed by atoms with van der Waals surface area (Å²) in [5.41, 5.74) is 6.95. The molecule has 0 spiro atoms. The van der Waals surface area contributed by atoms with Gasteiger partial charge < -0.3 is 10.6 Å². The third-order valence-electron chi connectivity index (χ3n) is 2.57. The number of aryl methyl sites for hydroxylation is 1.